The van der Waals surface area contributed by atoms with Gasteiger partial charge in [0.1, 0.15) is 12.4 Å². The summed E-state index contributed by atoms with van der Waals surface area (Å²) in [6, 6.07) is 7.64. The number of pyridine rings is 1. The van der Waals surface area contributed by atoms with Crippen LogP contribution in [-0.2, 0) is 6.61 Å². The van der Waals surface area contributed by atoms with Crippen molar-refractivity contribution in [1.29, 1.82) is 0 Å². The van der Waals surface area contributed by atoms with E-state index >= 15 is 0 Å². The Morgan fingerprint density at radius 2 is 1.92 bits per heavy atom. The number of aryl methyl sites for hydroxylation is 2. The molecule has 0 fully saturated rings. The highest BCUT2D eigenvalue weighted by Crippen LogP contribution is 2.25. The smallest absolute Gasteiger partial charge is 0.251 e. The molecule has 0 saturated carbocycles. The molecule has 0 aliphatic carbocycles. The fourth-order valence-corrected chi connectivity index (χ4v) is 2.46. The summed E-state index contributed by atoms with van der Waals surface area (Å²) in [5, 5.41) is 2.89. The summed E-state index contributed by atoms with van der Waals surface area (Å²) < 4.78 is 5.91. The molecule has 1 heterocycles. The third-order valence-electron chi connectivity index (χ3n) is 3.71. The van der Waals surface area contributed by atoms with Crippen molar-refractivity contribution in [2.75, 3.05) is 6.54 Å². The van der Waals surface area contributed by atoms with Crippen molar-refractivity contribution in [1.82, 2.24) is 10.3 Å². The number of nitrogens with zero attached hydrogens (tertiary/aromatic N) is 1. The minimum absolute atomic E-state index is 0. The molecule has 1 unspecified atom stereocenters. The number of hydrogen-bond donors (Lipinski definition) is 2. The Morgan fingerprint density at radius 3 is 2.46 bits per heavy atom. The van der Waals surface area contributed by atoms with Gasteiger partial charge in [0.25, 0.3) is 5.91 Å². The van der Waals surface area contributed by atoms with Gasteiger partial charge in [0.05, 0.1) is 0 Å². The van der Waals surface area contributed by atoms with Crippen LogP contribution in [0.1, 0.15) is 40.4 Å². The zero-order valence-electron chi connectivity index (χ0n) is 15.3. The van der Waals surface area contributed by atoms with Crippen LogP contribution >= 0.6 is 24.8 Å². The zero-order chi connectivity index (χ0) is 17.5. The number of carbonyl (C=O) groups is 1. The lowest BCUT2D eigenvalue weighted by molar-refractivity contribution is 0.0952. The van der Waals surface area contributed by atoms with Crippen molar-refractivity contribution in [3.8, 4) is 5.75 Å². The lowest BCUT2D eigenvalue weighted by atomic mass is 10.0. The van der Waals surface area contributed by atoms with Crippen LogP contribution in [0.3, 0.4) is 0 Å². The van der Waals surface area contributed by atoms with Crippen LogP contribution < -0.4 is 15.8 Å². The summed E-state index contributed by atoms with van der Waals surface area (Å²) in [6.07, 6.45) is 4.28. The molecular formula is C19H27Cl2N3O2. The Labute approximate surface area is 167 Å². The highest BCUT2D eigenvalue weighted by Gasteiger charge is 2.12. The number of halogens is 2. The third-order valence-corrected chi connectivity index (χ3v) is 3.71. The number of hydrogen-bond acceptors (Lipinski definition) is 4. The number of benzene rings is 1. The van der Waals surface area contributed by atoms with Gasteiger partial charge in [0.15, 0.2) is 0 Å². The zero-order valence-corrected chi connectivity index (χ0v) is 17.0. The molecule has 144 valence electrons. The lowest BCUT2D eigenvalue weighted by Crippen LogP contribution is -2.29. The molecule has 3 N–H and O–H groups in total. The van der Waals surface area contributed by atoms with Crippen molar-refractivity contribution in [3.05, 3.63) is 58.9 Å². The van der Waals surface area contributed by atoms with Crippen LogP contribution in [0.25, 0.3) is 0 Å². The molecule has 0 aliphatic rings. The van der Waals surface area contributed by atoms with E-state index in [1.54, 1.807) is 12.4 Å². The normalized spacial score (nSPS) is 10.9. The molecule has 0 spiro atoms. The molecule has 0 saturated heterocycles. The summed E-state index contributed by atoms with van der Waals surface area (Å²) in [7, 11) is 0. The fourth-order valence-electron chi connectivity index (χ4n) is 2.46. The molecule has 7 heteroatoms. The van der Waals surface area contributed by atoms with E-state index in [9.17, 15) is 4.79 Å². The SMILES string of the molecule is Cc1cc(C(=O)NCCC(C)N)cc(C)c1OCc1cccnc1.Cl.Cl. The van der Waals surface area contributed by atoms with Crippen molar-refractivity contribution in [2.45, 2.75) is 39.8 Å². The maximum Gasteiger partial charge on any atom is 0.251 e. The number of aromatic nitrogens is 1. The van der Waals surface area contributed by atoms with Crippen LogP contribution in [0.5, 0.6) is 5.75 Å². The second kappa shape index (κ2) is 11.7. The van der Waals surface area contributed by atoms with Gasteiger partial charge in [0.2, 0.25) is 0 Å². The minimum Gasteiger partial charge on any atom is -0.488 e. The Hall–Kier alpha value is -1.82. The fraction of sp³-hybridized carbons (Fsp3) is 0.368. The van der Waals surface area contributed by atoms with E-state index in [2.05, 4.69) is 10.3 Å². The third kappa shape index (κ3) is 7.20. The quantitative estimate of drug-likeness (QED) is 0.745. The monoisotopic (exact) mass is 399 g/mol. The van der Waals surface area contributed by atoms with Gasteiger partial charge in [-0.25, -0.2) is 0 Å². The molecule has 1 aromatic heterocycles. The maximum absolute atomic E-state index is 12.2. The van der Waals surface area contributed by atoms with Gasteiger partial charge in [-0.2, -0.15) is 0 Å². The summed E-state index contributed by atoms with van der Waals surface area (Å²) in [6.45, 7) is 6.85. The second-order valence-electron chi connectivity index (χ2n) is 6.11. The first-order valence-electron chi connectivity index (χ1n) is 8.14. The van der Waals surface area contributed by atoms with Gasteiger partial charge < -0.3 is 15.8 Å². The highest BCUT2D eigenvalue weighted by atomic mass is 35.5. The van der Waals surface area contributed by atoms with E-state index in [-0.39, 0.29) is 36.8 Å². The van der Waals surface area contributed by atoms with E-state index in [4.69, 9.17) is 10.5 Å². The average Bonchev–Trinajstić information content (AvgIpc) is 2.54. The minimum atomic E-state index is -0.0827. The molecule has 1 amide bonds. The van der Waals surface area contributed by atoms with E-state index in [0.717, 1.165) is 28.9 Å². The molecule has 2 aromatic rings. The van der Waals surface area contributed by atoms with Crippen LogP contribution in [0.2, 0.25) is 0 Å². The number of amides is 1. The lowest BCUT2D eigenvalue weighted by Gasteiger charge is -2.14. The maximum atomic E-state index is 12.2. The molecule has 1 atom stereocenters. The molecule has 5 nitrogen and oxygen atoms in total. The molecule has 2 rings (SSSR count). The summed E-state index contributed by atoms with van der Waals surface area (Å²) in [5.41, 5.74) is 9.23. The summed E-state index contributed by atoms with van der Waals surface area (Å²) >= 11 is 0. The van der Waals surface area contributed by atoms with Crippen LogP contribution in [-0.4, -0.2) is 23.5 Å². The Bertz CT molecular complexity index is 671. The molecular weight excluding hydrogens is 373 g/mol. The first-order chi connectivity index (χ1) is 11.5. The first-order valence-corrected chi connectivity index (χ1v) is 8.14. The number of nitrogens with one attached hydrogen (secondary N) is 1. The van der Waals surface area contributed by atoms with Crippen LogP contribution in [0, 0.1) is 13.8 Å². The standard InChI is InChI=1S/C19H25N3O2.2ClH/c1-13-9-17(19(23)22-8-6-15(3)20)10-14(2)18(13)24-12-16-5-4-7-21-11-16;;/h4-5,7,9-11,15H,6,8,12,20H2,1-3H3,(H,22,23);2*1H. The molecule has 1 aromatic carbocycles. The van der Waals surface area contributed by atoms with Crippen LogP contribution in [0.4, 0.5) is 0 Å². The van der Waals surface area contributed by atoms with Crippen molar-refractivity contribution < 1.29 is 9.53 Å². The van der Waals surface area contributed by atoms with E-state index in [0.29, 0.717) is 18.7 Å². The summed E-state index contributed by atoms with van der Waals surface area (Å²) in [4.78, 5) is 16.3. The molecule has 26 heavy (non-hydrogen) atoms. The second-order valence-corrected chi connectivity index (χ2v) is 6.11. The predicted molar refractivity (Wildman–Crippen MR) is 110 cm³/mol. The summed E-state index contributed by atoms with van der Waals surface area (Å²) in [5.74, 6) is 0.728. The van der Waals surface area contributed by atoms with Gasteiger partial charge in [-0.1, -0.05) is 6.07 Å². The molecule has 0 radical (unpaired) electrons. The van der Waals surface area contributed by atoms with E-state index in [1.165, 1.54) is 0 Å². The van der Waals surface area contributed by atoms with E-state index < -0.39 is 0 Å². The predicted octanol–water partition coefficient (Wildman–Crippen LogP) is 3.59. The Kier molecular flexibility index (Phi) is 10.9. The van der Waals surface area contributed by atoms with Gasteiger partial charge in [-0.15, -0.1) is 24.8 Å². The average molecular weight is 400 g/mol. The number of carbonyl (C=O) groups excluding carboxylic acids is 1. The number of rotatable bonds is 7. The Balaban J connectivity index is 0.00000312. The highest BCUT2D eigenvalue weighted by molar-refractivity contribution is 5.94. The first kappa shape index (κ1) is 24.2. The largest absolute Gasteiger partial charge is 0.488 e. The van der Waals surface area contributed by atoms with Crippen molar-refractivity contribution in [2.24, 2.45) is 5.73 Å². The van der Waals surface area contributed by atoms with Gasteiger partial charge >= 0.3 is 0 Å². The van der Waals surface area contributed by atoms with Crippen molar-refractivity contribution in [3.63, 3.8) is 0 Å². The van der Waals surface area contributed by atoms with Gasteiger partial charge in [-0.05, 0) is 56.5 Å². The molecule has 0 aliphatic heterocycles. The van der Waals surface area contributed by atoms with E-state index in [1.807, 2.05) is 45.0 Å². The number of nitrogens with two attached hydrogens (primary N) is 1. The Morgan fingerprint density at radius 1 is 1.27 bits per heavy atom. The number of ether oxygens (including phenoxy) is 1. The van der Waals surface area contributed by atoms with Crippen molar-refractivity contribution >= 4 is 30.7 Å². The molecule has 0 bridgehead atoms. The topological polar surface area (TPSA) is 77.2 Å². The van der Waals surface area contributed by atoms with Crippen LogP contribution in [0.15, 0.2) is 36.7 Å². The van der Waals surface area contributed by atoms with Gasteiger partial charge in [0, 0.05) is 36.1 Å². The van der Waals surface area contributed by atoms with Gasteiger partial charge in [-0.3, -0.25) is 9.78 Å².